The van der Waals surface area contributed by atoms with Crippen LogP contribution < -0.4 is 10.6 Å². The molecule has 8 nitrogen and oxygen atoms in total. The zero-order chi connectivity index (χ0) is 20.8. The molecular weight excluding hydrogens is 505 g/mol. The third-order valence-electron chi connectivity index (χ3n) is 6.13. The molecule has 2 aliphatic rings. The van der Waals surface area contributed by atoms with E-state index in [9.17, 15) is 4.79 Å². The topological polar surface area (TPSA) is 86.9 Å². The van der Waals surface area contributed by atoms with Crippen molar-refractivity contribution in [3.8, 4) is 0 Å². The lowest BCUT2D eigenvalue weighted by Crippen LogP contribution is -2.45. The van der Waals surface area contributed by atoms with E-state index in [1.54, 1.807) is 0 Å². The van der Waals surface area contributed by atoms with Gasteiger partial charge in [-0.1, -0.05) is 25.3 Å². The summed E-state index contributed by atoms with van der Waals surface area (Å²) < 4.78 is 2.00. The molecule has 2 fully saturated rings. The molecule has 1 unspecified atom stereocenters. The summed E-state index contributed by atoms with van der Waals surface area (Å²) in [4.78, 5) is 19.6. The summed E-state index contributed by atoms with van der Waals surface area (Å²) in [5, 5.41) is 15.3. The molecule has 2 aromatic heterocycles. The van der Waals surface area contributed by atoms with Crippen molar-refractivity contribution in [2.45, 2.75) is 57.9 Å². The zero-order valence-corrected chi connectivity index (χ0v) is 20.6. The van der Waals surface area contributed by atoms with Crippen LogP contribution in [0.15, 0.2) is 29.4 Å². The highest BCUT2D eigenvalue weighted by atomic mass is 127. The third-order valence-corrected chi connectivity index (χ3v) is 6.13. The molecule has 3 heterocycles. The maximum atomic E-state index is 12.8. The van der Waals surface area contributed by atoms with Crippen molar-refractivity contribution < 1.29 is 4.79 Å². The van der Waals surface area contributed by atoms with Gasteiger partial charge in [0, 0.05) is 50.8 Å². The lowest BCUT2D eigenvalue weighted by molar-refractivity contribution is -0.135. The van der Waals surface area contributed by atoms with E-state index < -0.39 is 0 Å². The van der Waals surface area contributed by atoms with E-state index in [-0.39, 0.29) is 35.9 Å². The van der Waals surface area contributed by atoms with E-state index in [1.807, 2.05) is 28.8 Å². The second-order valence-electron chi connectivity index (χ2n) is 8.30. The summed E-state index contributed by atoms with van der Waals surface area (Å²) in [6, 6.07) is 6.15. The first-order chi connectivity index (χ1) is 14.7. The summed E-state index contributed by atoms with van der Waals surface area (Å²) in [6.45, 7) is 5.11. The number of aromatic nitrogens is 3. The van der Waals surface area contributed by atoms with Crippen LogP contribution in [0.1, 0.15) is 51.3 Å². The molecule has 2 N–H and O–H groups in total. The molecule has 0 aromatic carbocycles. The highest BCUT2D eigenvalue weighted by molar-refractivity contribution is 14.0. The highest BCUT2D eigenvalue weighted by Crippen LogP contribution is 2.26. The average molecular weight is 539 g/mol. The fraction of sp³-hybridized carbons (Fsp3) is 0.636. The largest absolute Gasteiger partial charge is 0.357 e. The first-order valence-corrected chi connectivity index (χ1v) is 11.4. The third kappa shape index (κ3) is 6.08. The number of nitrogens with zero attached hydrogens (tertiary/aromatic N) is 5. The Labute approximate surface area is 201 Å². The zero-order valence-electron chi connectivity index (χ0n) is 18.3. The molecule has 1 aliphatic carbocycles. The normalized spacial score (nSPS) is 20.0. The number of carbonyl (C=O) groups is 1. The van der Waals surface area contributed by atoms with Crippen molar-refractivity contribution in [1.82, 2.24) is 30.1 Å². The summed E-state index contributed by atoms with van der Waals surface area (Å²) in [6.07, 6.45) is 9.48. The number of rotatable bonds is 6. The Bertz CT molecular complexity index is 878. The van der Waals surface area contributed by atoms with Gasteiger partial charge in [-0.05, 0) is 38.3 Å². The van der Waals surface area contributed by atoms with Crippen molar-refractivity contribution in [3.05, 3.63) is 30.2 Å². The van der Waals surface area contributed by atoms with Gasteiger partial charge in [0.1, 0.15) is 5.82 Å². The summed E-state index contributed by atoms with van der Waals surface area (Å²) in [5.41, 5.74) is 0.857. The Morgan fingerprint density at radius 2 is 2.03 bits per heavy atom. The molecule has 4 rings (SSSR count). The van der Waals surface area contributed by atoms with Gasteiger partial charge in [0.25, 0.3) is 0 Å². The number of halogens is 1. The second kappa shape index (κ2) is 11.6. The van der Waals surface area contributed by atoms with Crippen LogP contribution in [0.5, 0.6) is 0 Å². The van der Waals surface area contributed by atoms with Crippen LogP contribution in [0.4, 0.5) is 0 Å². The van der Waals surface area contributed by atoms with E-state index in [0.29, 0.717) is 12.5 Å². The molecule has 0 spiro atoms. The maximum Gasteiger partial charge on any atom is 0.225 e. The monoisotopic (exact) mass is 539 g/mol. The maximum absolute atomic E-state index is 12.8. The van der Waals surface area contributed by atoms with Crippen LogP contribution in [0.25, 0.3) is 5.65 Å². The number of fused-ring (bicyclic) bond motifs is 1. The summed E-state index contributed by atoms with van der Waals surface area (Å²) in [5.74, 6) is 2.33. The molecule has 170 valence electrons. The minimum atomic E-state index is 0. The van der Waals surface area contributed by atoms with Gasteiger partial charge in [-0.2, -0.15) is 0 Å². The van der Waals surface area contributed by atoms with E-state index >= 15 is 0 Å². The number of aliphatic imine (C=N–C) groups is 1. The van der Waals surface area contributed by atoms with Crippen molar-refractivity contribution in [2.75, 3.05) is 26.2 Å². The van der Waals surface area contributed by atoms with Gasteiger partial charge >= 0.3 is 0 Å². The molecule has 2 aromatic rings. The predicted octanol–water partition coefficient (Wildman–Crippen LogP) is 2.63. The Kier molecular flexibility index (Phi) is 8.91. The molecule has 1 saturated carbocycles. The number of nitrogens with one attached hydrogen (secondary N) is 2. The Morgan fingerprint density at radius 3 is 2.84 bits per heavy atom. The smallest absolute Gasteiger partial charge is 0.225 e. The minimum absolute atomic E-state index is 0. The van der Waals surface area contributed by atoms with Crippen molar-refractivity contribution in [2.24, 2.45) is 10.9 Å². The van der Waals surface area contributed by atoms with Crippen LogP contribution >= 0.6 is 24.0 Å². The van der Waals surface area contributed by atoms with Crippen molar-refractivity contribution in [3.63, 3.8) is 0 Å². The standard InChI is InChI=1S/C22H33N7O.HI/c1-2-23-22(24-13-11-20-27-26-19-10-6-7-14-29(19)20)25-18-12-15-28(16-18)21(30)17-8-4-3-5-9-17;/h6-7,10,14,17-18H,2-5,8-9,11-13,15-16H2,1H3,(H2,23,24,25);1H. The van der Waals surface area contributed by atoms with Crippen molar-refractivity contribution in [1.29, 1.82) is 0 Å². The molecule has 1 saturated heterocycles. The Hall–Kier alpha value is -1.91. The van der Waals surface area contributed by atoms with Gasteiger partial charge in [0.15, 0.2) is 11.6 Å². The van der Waals surface area contributed by atoms with E-state index in [0.717, 1.165) is 62.7 Å². The summed E-state index contributed by atoms with van der Waals surface area (Å²) in [7, 11) is 0. The van der Waals surface area contributed by atoms with Gasteiger partial charge in [0.05, 0.1) is 0 Å². The molecule has 31 heavy (non-hydrogen) atoms. The van der Waals surface area contributed by atoms with E-state index in [4.69, 9.17) is 4.99 Å². The predicted molar refractivity (Wildman–Crippen MR) is 133 cm³/mol. The fourth-order valence-electron chi connectivity index (χ4n) is 4.53. The Balaban J connectivity index is 0.00000272. The number of hydrogen-bond acceptors (Lipinski definition) is 4. The summed E-state index contributed by atoms with van der Waals surface area (Å²) >= 11 is 0. The molecule has 9 heteroatoms. The molecule has 1 aliphatic heterocycles. The van der Waals surface area contributed by atoms with Gasteiger partial charge in [-0.25, -0.2) is 0 Å². The number of carbonyl (C=O) groups excluding carboxylic acids is 1. The molecular formula is C22H34IN7O. The lowest BCUT2D eigenvalue weighted by Gasteiger charge is -2.26. The number of pyridine rings is 1. The van der Waals surface area contributed by atoms with Crippen LogP contribution in [0, 0.1) is 5.92 Å². The number of likely N-dealkylation sites (tertiary alicyclic amines) is 1. The van der Waals surface area contributed by atoms with Gasteiger partial charge in [-0.15, -0.1) is 34.2 Å². The van der Waals surface area contributed by atoms with E-state index in [1.165, 1.54) is 19.3 Å². The van der Waals surface area contributed by atoms with Crippen LogP contribution in [0.3, 0.4) is 0 Å². The van der Waals surface area contributed by atoms with Gasteiger partial charge < -0.3 is 15.5 Å². The minimum Gasteiger partial charge on any atom is -0.357 e. The van der Waals surface area contributed by atoms with Crippen LogP contribution in [-0.2, 0) is 11.2 Å². The number of hydrogen-bond donors (Lipinski definition) is 2. The first kappa shape index (κ1) is 23.7. The number of amides is 1. The second-order valence-corrected chi connectivity index (χ2v) is 8.30. The molecule has 1 amide bonds. The van der Waals surface area contributed by atoms with Gasteiger partial charge in [-0.3, -0.25) is 14.2 Å². The lowest BCUT2D eigenvalue weighted by atomic mass is 9.88. The van der Waals surface area contributed by atoms with Crippen molar-refractivity contribution >= 4 is 41.5 Å². The molecule has 0 radical (unpaired) electrons. The Morgan fingerprint density at radius 1 is 1.19 bits per heavy atom. The van der Waals surface area contributed by atoms with Gasteiger partial charge in [0.2, 0.25) is 5.91 Å². The van der Waals surface area contributed by atoms with Crippen LogP contribution in [0.2, 0.25) is 0 Å². The first-order valence-electron chi connectivity index (χ1n) is 11.4. The van der Waals surface area contributed by atoms with E-state index in [2.05, 4.69) is 32.7 Å². The fourth-order valence-corrected chi connectivity index (χ4v) is 4.53. The average Bonchev–Trinajstić information content (AvgIpc) is 3.41. The number of guanidine groups is 1. The molecule has 1 atom stereocenters. The SMILES string of the molecule is CCNC(=NCCc1nnc2ccccn12)NC1CCN(C(=O)C2CCCCC2)C1.I. The van der Waals surface area contributed by atoms with Crippen LogP contribution in [-0.4, -0.2) is 63.6 Å². The molecule has 0 bridgehead atoms. The quantitative estimate of drug-likeness (QED) is 0.335. The highest BCUT2D eigenvalue weighted by Gasteiger charge is 2.31.